The summed E-state index contributed by atoms with van der Waals surface area (Å²) in [5.41, 5.74) is 0. The van der Waals surface area contributed by atoms with Gasteiger partial charge in [0.1, 0.15) is 0 Å². The van der Waals surface area contributed by atoms with E-state index in [9.17, 15) is 0 Å². The third-order valence-corrected chi connectivity index (χ3v) is 2.67. The predicted octanol–water partition coefficient (Wildman–Crippen LogP) is 2.55. The second kappa shape index (κ2) is 14.4. The van der Waals surface area contributed by atoms with Crippen LogP contribution in [0.4, 0.5) is 0 Å². The molecule has 0 aromatic heterocycles. The van der Waals surface area contributed by atoms with Gasteiger partial charge in [0, 0.05) is 26.2 Å². The average molecular weight is 384 g/mol. The summed E-state index contributed by atoms with van der Waals surface area (Å²) in [6, 6.07) is 0. The van der Waals surface area contributed by atoms with Gasteiger partial charge in [-0.1, -0.05) is 27.7 Å². The van der Waals surface area contributed by atoms with E-state index in [1.165, 1.54) is 13.0 Å². The Morgan fingerprint density at radius 1 is 1.11 bits per heavy atom. The second-order valence-corrected chi connectivity index (χ2v) is 4.97. The Labute approximate surface area is 136 Å². The second-order valence-electron chi connectivity index (χ2n) is 4.97. The third-order valence-electron chi connectivity index (χ3n) is 2.67. The van der Waals surface area contributed by atoms with Gasteiger partial charge in [-0.3, -0.25) is 4.99 Å². The number of nitrogens with one attached hydrogen (secondary N) is 2. The van der Waals surface area contributed by atoms with Gasteiger partial charge >= 0.3 is 0 Å². The maximum absolute atomic E-state index is 4.56. The minimum Gasteiger partial charge on any atom is -0.357 e. The number of guanidine groups is 1. The first-order valence-electron chi connectivity index (χ1n) is 7.38. The van der Waals surface area contributed by atoms with Gasteiger partial charge in [-0.2, -0.15) is 0 Å². The molecule has 4 nitrogen and oxygen atoms in total. The van der Waals surface area contributed by atoms with E-state index in [2.05, 4.69) is 55.1 Å². The van der Waals surface area contributed by atoms with Crippen molar-refractivity contribution in [2.75, 3.05) is 39.3 Å². The summed E-state index contributed by atoms with van der Waals surface area (Å²) in [6.45, 7) is 17.0. The van der Waals surface area contributed by atoms with Gasteiger partial charge in [0.2, 0.25) is 0 Å². The highest BCUT2D eigenvalue weighted by atomic mass is 127. The molecule has 2 N–H and O–H groups in total. The topological polar surface area (TPSA) is 39.7 Å². The van der Waals surface area contributed by atoms with E-state index in [1.807, 2.05) is 0 Å². The molecule has 5 heteroatoms. The smallest absolute Gasteiger partial charge is 0.191 e. The Morgan fingerprint density at radius 2 is 1.79 bits per heavy atom. The van der Waals surface area contributed by atoms with Crippen LogP contribution in [-0.2, 0) is 0 Å². The van der Waals surface area contributed by atoms with Gasteiger partial charge in [-0.15, -0.1) is 24.0 Å². The average Bonchev–Trinajstić information content (AvgIpc) is 2.34. The Balaban J connectivity index is 0. The zero-order chi connectivity index (χ0) is 13.8. The minimum atomic E-state index is 0. The van der Waals surface area contributed by atoms with E-state index < -0.39 is 0 Å². The minimum absolute atomic E-state index is 0. The van der Waals surface area contributed by atoms with Gasteiger partial charge in [-0.05, 0) is 32.4 Å². The van der Waals surface area contributed by atoms with Crippen LogP contribution in [0.25, 0.3) is 0 Å². The van der Waals surface area contributed by atoms with Crippen LogP contribution >= 0.6 is 24.0 Å². The zero-order valence-corrected chi connectivity index (χ0v) is 15.7. The van der Waals surface area contributed by atoms with Crippen molar-refractivity contribution in [3.8, 4) is 0 Å². The fourth-order valence-electron chi connectivity index (χ4n) is 1.69. The highest BCUT2D eigenvalue weighted by Crippen LogP contribution is 1.92. The third kappa shape index (κ3) is 12.7. The molecular formula is C14H33IN4. The molecule has 0 bridgehead atoms. The van der Waals surface area contributed by atoms with Crippen LogP contribution in [0.3, 0.4) is 0 Å². The lowest BCUT2D eigenvalue weighted by Gasteiger charge is -2.20. The van der Waals surface area contributed by atoms with Gasteiger partial charge in [0.15, 0.2) is 5.96 Å². The number of nitrogens with zero attached hydrogens (tertiary/aromatic N) is 2. The Bertz CT molecular complexity index is 219. The molecule has 0 spiro atoms. The lowest BCUT2D eigenvalue weighted by molar-refractivity contribution is 0.293. The molecule has 0 aliphatic rings. The lowest BCUT2D eigenvalue weighted by Crippen LogP contribution is -2.42. The summed E-state index contributed by atoms with van der Waals surface area (Å²) in [4.78, 5) is 7.01. The number of hydrogen-bond acceptors (Lipinski definition) is 2. The maximum atomic E-state index is 4.56. The first kappa shape index (κ1) is 21.3. The number of rotatable bonds is 9. The Morgan fingerprint density at radius 3 is 2.26 bits per heavy atom. The predicted molar refractivity (Wildman–Crippen MR) is 96.6 cm³/mol. The number of halogens is 1. The van der Waals surface area contributed by atoms with Gasteiger partial charge in [0.05, 0.1) is 0 Å². The number of likely N-dealkylation sites (N-methyl/N-ethyl adjacent to an activating group) is 1. The summed E-state index contributed by atoms with van der Waals surface area (Å²) in [6.07, 6.45) is 1.22. The van der Waals surface area contributed by atoms with Crippen molar-refractivity contribution in [1.82, 2.24) is 15.5 Å². The molecule has 0 fully saturated rings. The first-order chi connectivity index (χ1) is 8.63. The van der Waals surface area contributed by atoms with Crippen LogP contribution in [0.2, 0.25) is 0 Å². The van der Waals surface area contributed by atoms with Crippen molar-refractivity contribution >= 4 is 29.9 Å². The van der Waals surface area contributed by atoms with E-state index in [0.29, 0.717) is 5.92 Å². The van der Waals surface area contributed by atoms with Crippen molar-refractivity contribution < 1.29 is 0 Å². The fraction of sp³-hybridized carbons (Fsp3) is 0.929. The molecule has 0 aliphatic heterocycles. The number of hydrogen-bond donors (Lipinski definition) is 2. The van der Waals surface area contributed by atoms with Crippen molar-refractivity contribution in [2.45, 2.75) is 41.0 Å². The lowest BCUT2D eigenvalue weighted by atomic mass is 10.2. The molecule has 0 aromatic carbocycles. The van der Waals surface area contributed by atoms with E-state index in [4.69, 9.17) is 0 Å². The molecule has 0 heterocycles. The van der Waals surface area contributed by atoms with Crippen LogP contribution in [-0.4, -0.2) is 50.1 Å². The van der Waals surface area contributed by atoms with Crippen molar-refractivity contribution in [3.63, 3.8) is 0 Å². The summed E-state index contributed by atoms with van der Waals surface area (Å²) in [5.74, 6) is 1.55. The van der Waals surface area contributed by atoms with Crippen LogP contribution < -0.4 is 10.6 Å². The molecule has 0 aliphatic carbocycles. The molecule has 0 rings (SSSR count). The van der Waals surface area contributed by atoms with E-state index >= 15 is 0 Å². The standard InChI is InChI=1S/C14H32N4.HI/c1-6-10-18(8-3)11-9-16-14(15-7-2)17-12-13(4)5;/h13H,6-12H2,1-5H3,(H2,15,16,17);1H. The van der Waals surface area contributed by atoms with Crippen molar-refractivity contribution in [1.29, 1.82) is 0 Å². The molecule has 19 heavy (non-hydrogen) atoms. The molecule has 0 aromatic rings. The van der Waals surface area contributed by atoms with Crippen LogP contribution in [0, 0.1) is 5.92 Å². The molecule has 0 radical (unpaired) electrons. The summed E-state index contributed by atoms with van der Waals surface area (Å²) >= 11 is 0. The molecule has 0 unspecified atom stereocenters. The fourth-order valence-corrected chi connectivity index (χ4v) is 1.69. The highest BCUT2D eigenvalue weighted by Gasteiger charge is 2.02. The Kier molecular flexibility index (Phi) is 16.1. The Hall–Kier alpha value is -0.0400. The quantitative estimate of drug-likeness (QED) is 0.365. The maximum Gasteiger partial charge on any atom is 0.191 e. The van der Waals surface area contributed by atoms with Crippen LogP contribution in [0.5, 0.6) is 0 Å². The largest absolute Gasteiger partial charge is 0.357 e. The first-order valence-corrected chi connectivity index (χ1v) is 7.38. The van der Waals surface area contributed by atoms with Crippen molar-refractivity contribution in [3.05, 3.63) is 0 Å². The molecule has 116 valence electrons. The highest BCUT2D eigenvalue weighted by molar-refractivity contribution is 14.0. The van der Waals surface area contributed by atoms with Crippen molar-refractivity contribution in [2.24, 2.45) is 10.9 Å². The molecule has 0 saturated carbocycles. The van der Waals surface area contributed by atoms with Gasteiger partial charge in [0.25, 0.3) is 0 Å². The summed E-state index contributed by atoms with van der Waals surface area (Å²) in [5, 5.41) is 6.68. The molecule has 0 saturated heterocycles. The zero-order valence-electron chi connectivity index (χ0n) is 13.3. The van der Waals surface area contributed by atoms with Gasteiger partial charge in [-0.25, -0.2) is 0 Å². The number of aliphatic imine (C=N–C) groups is 1. The van der Waals surface area contributed by atoms with Gasteiger partial charge < -0.3 is 15.5 Å². The van der Waals surface area contributed by atoms with Crippen LogP contribution in [0.15, 0.2) is 4.99 Å². The SMILES string of the molecule is CCCN(CC)CCNC(=NCC(C)C)NCC.I. The summed E-state index contributed by atoms with van der Waals surface area (Å²) < 4.78 is 0. The molecular weight excluding hydrogens is 351 g/mol. The van der Waals surface area contributed by atoms with E-state index in [0.717, 1.165) is 38.7 Å². The normalized spacial score (nSPS) is 11.6. The van der Waals surface area contributed by atoms with E-state index in [1.54, 1.807) is 0 Å². The molecule has 0 atom stereocenters. The van der Waals surface area contributed by atoms with E-state index in [-0.39, 0.29) is 24.0 Å². The summed E-state index contributed by atoms with van der Waals surface area (Å²) in [7, 11) is 0. The molecule has 0 amide bonds. The van der Waals surface area contributed by atoms with Crippen LogP contribution in [0.1, 0.15) is 41.0 Å². The monoisotopic (exact) mass is 384 g/mol.